The van der Waals surface area contributed by atoms with Crippen molar-refractivity contribution in [1.29, 1.82) is 0 Å². The highest BCUT2D eigenvalue weighted by atomic mass is 32.2. The van der Waals surface area contributed by atoms with E-state index >= 15 is 0 Å². The van der Waals surface area contributed by atoms with E-state index in [9.17, 15) is 22.4 Å². The molecule has 1 aromatic rings. The van der Waals surface area contributed by atoms with Crippen LogP contribution in [0, 0.1) is 5.82 Å². The number of benzene rings is 1. The molecule has 9 heteroatoms. The van der Waals surface area contributed by atoms with Crippen LogP contribution in [-0.4, -0.2) is 63.0 Å². The quantitative estimate of drug-likeness (QED) is 0.716. The SMILES string of the molecule is COc1ccc(C(=O)OC(C)C(=O)N(C)C2CCS(=O)(=O)C2)c(F)c1. The third-order valence-electron chi connectivity index (χ3n) is 4.13. The Morgan fingerprint density at radius 3 is 2.56 bits per heavy atom. The van der Waals surface area contributed by atoms with Crippen LogP contribution in [0.1, 0.15) is 23.7 Å². The number of amides is 1. The van der Waals surface area contributed by atoms with Crippen molar-refractivity contribution < 1.29 is 31.9 Å². The number of halogens is 1. The van der Waals surface area contributed by atoms with Crippen molar-refractivity contribution in [3.63, 3.8) is 0 Å². The molecule has 1 fully saturated rings. The molecule has 2 rings (SSSR count). The Hall–Kier alpha value is -2.16. The van der Waals surface area contributed by atoms with Crippen molar-refractivity contribution in [2.45, 2.75) is 25.5 Å². The van der Waals surface area contributed by atoms with Gasteiger partial charge >= 0.3 is 5.97 Å². The minimum atomic E-state index is -3.14. The summed E-state index contributed by atoms with van der Waals surface area (Å²) in [5.74, 6) is -2.17. The lowest BCUT2D eigenvalue weighted by atomic mass is 10.2. The summed E-state index contributed by atoms with van der Waals surface area (Å²) < 4.78 is 46.8. The zero-order valence-electron chi connectivity index (χ0n) is 14.2. The van der Waals surface area contributed by atoms with Crippen LogP contribution in [0.25, 0.3) is 0 Å². The van der Waals surface area contributed by atoms with Gasteiger partial charge in [-0.1, -0.05) is 0 Å². The Bertz CT molecular complexity index is 779. The molecule has 1 aliphatic heterocycles. The Balaban J connectivity index is 2.02. The second-order valence-electron chi connectivity index (χ2n) is 5.90. The highest BCUT2D eigenvalue weighted by Crippen LogP contribution is 2.20. The monoisotopic (exact) mass is 373 g/mol. The standard InChI is InChI=1S/C16H20FNO6S/c1-10(15(19)18(2)11-6-7-25(21,22)9-11)24-16(20)13-5-4-12(23-3)8-14(13)17/h4-5,8,10-11H,6-7,9H2,1-3H3. The molecule has 1 amide bonds. The van der Waals surface area contributed by atoms with E-state index in [0.717, 1.165) is 6.07 Å². The maximum atomic E-state index is 13.9. The molecule has 1 aromatic carbocycles. The number of methoxy groups -OCH3 is 1. The Labute approximate surface area is 145 Å². The van der Waals surface area contributed by atoms with Gasteiger partial charge in [0.05, 0.1) is 24.2 Å². The molecule has 0 aromatic heterocycles. The number of nitrogens with zero attached hydrogens (tertiary/aromatic N) is 1. The number of likely N-dealkylation sites (N-methyl/N-ethyl adjacent to an activating group) is 1. The second kappa shape index (κ2) is 7.38. The van der Waals surface area contributed by atoms with E-state index in [2.05, 4.69) is 0 Å². The molecule has 2 atom stereocenters. The van der Waals surface area contributed by atoms with Gasteiger partial charge in [-0.05, 0) is 25.5 Å². The lowest BCUT2D eigenvalue weighted by molar-refractivity contribution is -0.140. The smallest absolute Gasteiger partial charge is 0.341 e. The normalized spacial score (nSPS) is 19.9. The van der Waals surface area contributed by atoms with Crippen LogP contribution in [0.5, 0.6) is 5.75 Å². The topological polar surface area (TPSA) is 90.0 Å². The molecule has 0 N–H and O–H groups in total. The number of rotatable bonds is 5. The Kier molecular flexibility index (Phi) is 5.66. The summed E-state index contributed by atoms with van der Waals surface area (Å²) >= 11 is 0. The van der Waals surface area contributed by atoms with Crippen molar-refractivity contribution in [2.24, 2.45) is 0 Å². The summed E-state index contributed by atoms with van der Waals surface area (Å²) in [6, 6.07) is 3.21. The van der Waals surface area contributed by atoms with Gasteiger partial charge in [-0.25, -0.2) is 17.6 Å². The number of hydrogen-bond donors (Lipinski definition) is 0. The van der Waals surface area contributed by atoms with Gasteiger partial charge in [0.15, 0.2) is 15.9 Å². The van der Waals surface area contributed by atoms with E-state index in [-0.39, 0.29) is 22.8 Å². The van der Waals surface area contributed by atoms with Crippen molar-refractivity contribution in [1.82, 2.24) is 4.90 Å². The first-order valence-corrected chi connectivity index (χ1v) is 9.48. The predicted octanol–water partition coefficient (Wildman–Crippen LogP) is 1.03. The molecule has 7 nitrogen and oxygen atoms in total. The number of carbonyl (C=O) groups is 2. The number of esters is 1. The van der Waals surface area contributed by atoms with Gasteiger partial charge in [0.2, 0.25) is 0 Å². The van der Waals surface area contributed by atoms with Gasteiger partial charge in [-0.3, -0.25) is 4.79 Å². The van der Waals surface area contributed by atoms with Crippen LogP contribution >= 0.6 is 0 Å². The van der Waals surface area contributed by atoms with Gasteiger partial charge < -0.3 is 14.4 Å². The van der Waals surface area contributed by atoms with Crippen LogP contribution in [0.3, 0.4) is 0 Å². The average molecular weight is 373 g/mol. The van der Waals surface area contributed by atoms with E-state index in [1.54, 1.807) is 0 Å². The van der Waals surface area contributed by atoms with E-state index < -0.39 is 39.7 Å². The second-order valence-corrected chi connectivity index (χ2v) is 8.13. The summed E-state index contributed by atoms with van der Waals surface area (Å²) in [6.07, 6.45) is -0.819. The maximum absolute atomic E-state index is 13.9. The van der Waals surface area contributed by atoms with Gasteiger partial charge in [-0.2, -0.15) is 0 Å². The van der Waals surface area contributed by atoms with Gasteiger partial charge in [0.1, 0.15) is 11.6 Å². The molecule has 0 bridgehead atoms. The molecule has 138 valence electrons. The highest BCUT2D eigenvalue weighted by Gasteiger charge is 2.35. The zero-order valence-corrected chi connectivity index (χ0v) is 15.0. The van der Waals surface area contributed by atoms with Crippen molar-refractivity contribution >= 4 is 21.7 Å². The number of sulfone groups is 1. The molecule has 0 spiro atoms. The first-order chi connectivity index (χ1) is 11.6. The van der Waals surface area contributed by atoms with Crippen LogP contribution in [0.2, 0.25) is 0 Å². The number of ether oxygens (including phenoxy) is 2. The van der Waals surface area contributed by atoms with Crippen LogP contribution in [0.15, 0.2) is 18.2 Å². The predicted molar refractivity (Wildman–Crippen MR) is 87.7 cm³/mol. The fraction of sp³-hybridized carbons (Fsp3) is 0.500. The molecular weight excluding hydrogens is 353 g/mol. The van der Waals surface area contributed by atoms with Gasteiger partial charge in [-0.15, -0.1) is 0 Å². The third-order valence-corrected chi connectivity index (χ3v) is 5.88. The Morgan fingerprint density at radius 2 is 2.04 bits per heavy atom. The van der Waals surface area contributed by atoms with Crippen molar-refractivity contribution in [2.75, 3.05) is 25.7 Å². The van der Waals surface area contributed by atoms with Crippen LogP contribution in [0.4, 0.5) is 4.39 Å². The summed E-state index contributed by atoms with van der Waals surface area (Å²) in [5.41, 5.74) is -0.313. The molecule has 0 radical (unpaired) electrons. The lowest BCUT2D eigenvalue weighted by Crippen LogP contribution is -2.44. The van der Waals surface area contributed by atoms with E-state index in [4.69, 9.17) is 9.47 Å². The van der Waals surface area contributed by atoms with Crippen molar-refractivity contribution in [3.8, 4) is 5.75 Å². The minimum Gasteiger partial charge on any atom is -0.497 e. The van der Waals surface area contributed by atoms with Crippen molar-refractivity contribution in [3.05, 3.63) is 29.6 Å². The molecule has 0 saturated carbocycles. The molecular formula is C16H20FNO6S. The van der Waals surface area contributed by atoms with Crippen LogP contribution in [-0.2, 0) is 19.4 Å². The maximum Gasteiger partial charge on any atom is 0.341 e. The summed E-state index contributed by atoms with van der Waals surface area (Å²) in [7, 11) is -0.309. The fourth-order valence-electron chi connectivity index (χ4n) is 2.61. The number of hydrogen-bond acceptors (Lipinski definition) is 6. The highest BCUT2D eigenvalue weighted by molar-refractivity contribution is 7.91. The molecule has 1 aliphatic rings. The van der Waals surface area contributed by atoms with Gasteiger partial charge in [0, 0.05) is 19.2 Å². The first kappa shape index (κ1) is 19.2. The van der Waals surface area contributed by atoms with Crippen LogP contribution < -0.4 is 4.74 Å². The Morgan fingerprint density at radius 1 is 1.36 bits per heavy atom. The molecule has 0 aliphatic carbocycles. The number of carbonyl (C=O) groups excluding carboxylic acids is 2. The molecule has 2 unspecified atom stereocenters. The molecule has 1 heterocycles. The molecule has 1 saturated heterocycles. The van der Waals surface area contributed by atoms with E-state index in [1.165, 1.54) is 38.1 Å². The lowest BCUT2D eigenvalue weighted by Gasteiger charge is -2.26. The van der Waals surface area contributed by atoms with Gasteiger partial charge in [0.25, 0.3) is 5.91 Å². The largest absolute Gasteiger partial charge is 0.497 e. The van der Waals surface area contributed by atoms with E-state index in [0.29, 0.717) is 6.42 Å². The fourth-order valence-corrected chi connectivity index (χ4v) is 4.38. The first-order valence-electron chi connectivity index (χ1n) is 7.66. The van der Waals surface area contributed by atoms with E-state index in [1.807, 2.05) is 0 Å². The minimum absolute atomic E-state index is 0.0283. The summed E-state index contributed by atoms with van der Waals surface area (Å²) in [4.78, 5) is 25.7. The molecule has 25 heavy (non-hydrogen) atoms. The third kappa shape index (κ3) is 4.47. The summed E-state index contributed by atoms with van der Waals surface area (Å²) in [6.45, 7) is 1.36. The zero-order chi connectivity index (χ0) is 18.8. The summed E-state index contributed by atoms with van der Waals surface area (Å²) in [5, 5.41) is 0. The average Bonchev–Trinajstić information content (AvgIpc) is 2.92.